The monoisotopic (exact) mass is 251 g/mol. The van der Waals surface area contributed by atoms with E-state index < -0.39 is 0 Å². The lowest BCUT2D eigenvalue weighted by Crippen LogP contribution is -2.37. The summed E-state index contributed by atoms with van der Waals surface area (Å²) in [5.41, 5.74) is 8.55. The molecule has 0 radical (unpaired) electrons. The van der Waals surface area contributed by atoms with Gasteiger partial charge in [-0.05, 0) is 31.3 Å². The third kappa shape index (κ3) is 2.85. The third-order valence-corrected chi connectivity index (χ3v) is 2.41. The SMILES string of the molecule is CC(=NNC(N)=S)[C@H]1COc2ccccc2O1. The van der Waals surface area contributed by atoms with Crippen molar-refractivity contribution in [3.63, 3.8) is 0 Å². The average molecular weight is 251 g/mol. The van der Waals surface area contributed by atoms with E-state index in [1.807, 2.05) is 31.2 Å². The molecule has 17 heavy (non-hydrogen) atoms. The van der Waals surface area contributed by atoms with Gasteiger partial charge in [-0.25, -0.2) is 0 Å². The van der Waals surface area contributed by atoms with E-state index in [1.165, 1.54) is 0 Å². The molecule has 0 unspecified atom stereocenters. The molecular formula is C11H13N3O2S. The molecule has 0 aliphatic carbocycles. The van der Waals surface area contributed by atoms with Gasteiger partial charge in [0.2, 0.25) is 0 Å². The molecule has 0 bridgehead atoms. The highest BCUT2D eigenvalue weighted by Gasteiger charge is 2.22. The molecule has 1 aliphatic heterocycles. The number of nitrogens with one attached hydrogen (secondary N) is 1. The fraction of sp³-hybridized carbons (Fsp3) is 0.273. The number of hydrogen-bond acceptors (Lipinski definition) is 4. The van der Waals surface area contributed by atoms with Crippen LogP contribution in [0, 0.1) is 0 Å². The second kappa shape index (κ2) is 5.01. The molecule has 0 spiro atoms. The Bertz CT molecular complexity index is 462. The van der Waals surface area contributed by atoms with Gasteiger partial charge in [-0.3, -0.25) is 5.43 Å². The van der Waals surface area contributed by atoms with Gasteiger partial charge in [-0.2, -0.15) is 5.10 Å². The van der Waals surface area contributed by atoms with Crippen LogP contribution in [-0.2, 0) is 0 Å². The number of rotatable bonds is 2. The lowest BCUT2D eigenvalue weighted by atomic mass is 10.2. The van der Waals surface area contributed by atoms with Gasteiger partial charge in [0.05, 0.1) is 5.71 Å². The van der Waals surface area contributed by atoms with E-state index in [4.69, 9.17) is 15.2 Å². The summed E-state index contributed by atoms with van der Waals surface area (Å²) in [5, 5.41) is 4.14. The molecule has 1 heterocycles. The molecular weight excluding hydrogens is 238 g/mol. The van der Waals surface area contributed by atoms with E-state index in [0.717, 1.165) is 11.5 Å². The van der Waals surface area contributed by atoms with Crippen LogP contribution in [0.25, 0.3) is 0 Å². The number of fused-ring (bicyclic) bond motifs is 1. The van der Waals surface area contributed by atoms with E-state index in [1.54, 1.807) is 0 Å². The van der Waals surface area contributed by atoms with E-state index in [-0.39, 0.29) is 11.2 Å². The number of hydrogen-bond donors (Lipinski definition) is 2. The topological polar surface area (TPSA) is 68.9 Å². The van der Waals surface area contributed by atoms with E-state index in [2.05, 4.69) is 22.7 Å². The predicted molar refractivity (Wildman–Crippen MR) is 69.4 cm³/mol. The summed E-state index contributed by atoms with van der Waals surface area (Å²) in [6.07, 6.45) is -0.230. The Balaban J connectivity index is 2.07. The lowest BCUT2D eigenvalue weighted by Gasteiger charge is -2.26. The zero-order valence-corrected chi connectivity index (χ0v) is 10.2. The number of hydrazone groups is 1. The number of thiocarbonyl (C=S) groups is 1. The molecule has 1 aliphatic rings. The molecule has 0 saturated carbocycles. The molecule has 5 nitrogen and oxygen atoms in total. The minimum atomic E-state index is -0.230. The van der Waals surface area contributed by atoms with Gasteiger partial charge in [0.15, 0.2) is 22.7 Å². The maximum absolute atomic E-state index is 5.75. The van der Waals surface area contributed by atoms with Crippen LogP contribution in [0.3, 0.4) is 0 Å². The van der Waals surface area contributed by atoms with E-state index in [0.29, 0.717) is 12.4 Å². The minimum Gasteiger partial charge on any atom is -0.485 e. The van der Waals surface area contributed by atoms with Crippen molar-refractivity contribution in [3.8, 4) is 11.5 Å². The summed E-state index contributed by atoms with van der Waals surface area (Å²) in [6, 6.07) is 7.52. The molecule has 1 atom stereocenters. The molecule has 0 fully saturated rings. The summed E-state index contributed by atoms with van der Waals surface area (Å²) in [6.45, 7) is 2.25. The van der Waals surface area contributed by atoms with Gasteiger partial charge in [0, 0.05) is 0 Å². The van der Waals surface area contributed by atoms with E-state index >= 15 is 0 Å². The van der Waals surface area contributed by atoms with Crippen LogP contribution in [0.5, 0.6) is 11.5 Å². The first kappa shape index (κ1) is 11.7. The van der Waals surface area contributed by atoms with Crippen LogP contribution in [0.4, 0.5) is 0 Å². The van der Waals surface area contributed by atoms with Gasteiger partial charge in [-0.15, -0.1) is 0 Å². The van der Waals surface area contributed by atoms with Crippen LogP contribution in [-0.4, -0.2) is 23.5 Å². The van der Waals surface area contributed by atoms with Crippen molar-refractivity contribution in [2.45, 2.75) is 13.0 Å². The molecule has 2 rings (SSSR count). The van der Waals surface area contributed by atoms with Crippen LogP contribution in [0.1, 0.15) is 6.92 Å². The quantitative estimate of drug-likeness (QED) is 0.467. The fourth-order valence-corrected chi connectivity index (χ4v) is 1.49. The molecule has 0 aromatic heterocycles. The van der Waals surface area contributed by atoms with Crippen LogP contribution >= 0.6 is 12.2 Å². The zero-order valence-electron chi connectivity index (χ0n) is 9.34. The second-order valence-electron chi connectivity index (χ2n) is 3.59. The van der Waals surface area contributed by atoms with E-state index in [9.17, 15) is 0 Å². The van der Waals surface area contributed by atoms with Gasteiger partial charge in [0.1, 0.15) is 6.61 Å². The second-order valence-corrected chi connectivity index (χ2v) is 4.03. The normalized spacial score (nSPS) is 18.6. The lowest BCUT2D eigenvalue weighted by molar-refractivity contribution is 0.134. The molecule has 0 saturated heterocycles. The Labute approximate surface area is 105 Å². The largest absolute Gasteiger partial charge is 0.485 e. The highest BCUT2D eigenvalue weighted by molar-refractivity contribution is 7.80. The first-order chi connectivity index (χ1) is 8.16. The van der Waals surface area contributed by atoms with Crippen molar-refractivity contribution in [1.82, 2.24) is 5.43 Å². The predicted octanol–water partition coefficient (Wildman–Crippen LogP) is 1.04. The Morgan fingerprint density at radius 3 is 2.88 bits per heavy atom. The Morgan fingerprint density at radius 1 is 1.47 bits per heavy atom. The highest BCUT2D eigenvalue weighted by atomic mass is 32.1. The van der Waals surface area contributed by atoms with Gasteiger partial charge in [-0.1, -0.05) is 12.1 Å². The first-order valence-corrected chi connectivity index (χ1v) is 5.56. The van der Waals surface area contributed by atoms with Crippen molar-refractivity contribution in [3.05, 3.63) is 24.3 Å². The smallest absolute Gasteiger partial charge is 0.184 e. The van der Waals surface area contributed by atoms with Crippen molar-refractivity contribution in [1.29, 1.82) is 0 Å². The Kier molecular flexibility index (Phi) is 3.43. The van der Waals surface area contributed by atoms with Crippen molar-refractivity contribution in [2.24, 2.45) is 10.8 Å². The van der Waals surface area contributed by atoms with Gasteiger partial charge in [0.25, 0.3) is 0 Å². The number of benzene rings is 1. The van der Waals surface area contributed by atoms with Crippen LogP contribution in [0.2, 0.25) is 0 Å². The minimum absolute atomic E-state index is 0.126. The Morgan fingerprint density at radius 2 is 2.18 bits per heavy atom. The van der Waals surface area contributed by atoms with Crippen molar-refractivity contribution in [2.75, 3.05) is 6.61 Å². The Hall–Kier alpha value is -1.82. The van der Waals surface area contributed by atoms with Crippen LogP contribution in [0.15, 0.2) is 29.4 Å². The number of ether oxygens (including phenoxy) is 2. The zero-order chi connectivity index (χ0) is 12.3. The molecule has 1 aromatic rings. The average Bonchev–Trinajstić information content (AvgIpc) is 2.35. The van der Waals surface area contributed by atoms with Gasteiger partial charge < -0.3 is 15.2 Å². The standard InChI is InChI=1S/C11H13N3O2S/c1-7(13-14-11(12)17)10-6-15-8-4-2-3-5-9(8)16-10/h2-5,10H,6H2,1H3,(H3,12,14,17)/t10-/m1/s1. The number of nitrogens with two attached hydrogens (primary N) is 1. The third-order valence-electron chi connectivity index (χ3n) is 2.32. The number of nitrogens with zero attached hydrogens (tertiary/aromatic N) is 1. The number of para-hydroxylation sites is 2. The van der Waals surface area contributed by atoms with Gasteiger partial charge >= 0.3 is 0 Å². The summed E-state index contributed by atoms with van der Waals surface area (Å²) in [4.78, 5) is 0. The maximum atomic E-state index is 5.75. The molecule has 1 aromatic carbocycles. The molecule has 90 valence electrons. The molecule has 0 amide bonds. The summed E-state index contributed by atoms with van der Waals surface area (Å²) in [7, 11) is 0. The first-order valence-electron chi connectivity index (χ1n) is 5.15. The van der Waals surface area contributed by atoms with Crippen molar-refractivity contribution < 1.29 is 9.47 Å². The van der Waals surface area contributed by atoms with Crippen LogP contribution < -0.4 is 20.6 Å². The molecule has 3 N–H and O–H groups in total. The summed E-state index contributed by atoms with van der Waals surface area (Å²) < 4.78 is 11.3. The maximum Gasteiger partial charge on any atom is 0.184 e. The fourth-order valence-electron chi connectivity index (χ4n) is 1.44. The summed E-state index contributed by atoms with van der Waals surface area (Å²) in [5.74, 6) is 1.47. The summed E-state index contributed by atoms with van der Waals surface area (Å²) >= 11 is 4.67. The highest BCUT2D eigenvalue weighted by Crippen LogP contribution is 2.30. The van der Waals surface area contributed by atoms with Crippen molar-refractivity contribution >= 4 is 23.0 Å². The molecule has 6 heteroatoms.